The second kappa shape index (κ2) is 10.6. The van der Waals surface area contributed by atoms with Crippen molar-refractivity contribution in [2.24, 2.45) is 10.8 Å². The van der Waals surface area contributed by atoms with Gasteiger partial charge in [-0.15, -0.1) is 22.7 Å². The standard InChI is InChI=1S/C24H34O3S2/c1-23(2,17-25)15-5-7-18-9-11-20(28-18)13-14-21-12-10-19(29-21)8-6-16-24(3,4)22(26)27/h9-14,25H,5-8,15-17H2,1-4H3,(H,26,27)/b14-13+. The van der Waals surface area contributed by atoms with Crippen LogP contribution in [-0.2, 0) is 17.6 Å². The Morgan fingerprint density at radius 3 is 1.83 bits per heavy atom. The molecule has 5 heteroatoms. The normalized spacial score (nSPS) is 12.7. The molecular weight excluding hydrogens is 400 g/mol. The van der Waals surface area contributed by atoms with Crippen LogP contribution in [0.2, 0.25) is 0 Å². The fraction of sp³-hybridized carbons (Fsp3) is 0.542. The minimum atomic E-state index is -0.722. The average molecular weight is 435 g/mol. The van der Waals surface area contributed by atoms with Gasteiger partial charge < -0.3 is 10.2 Å². The van der Waals surface area contributed by atoms with Crippen LogP contribution in [0.4, 0.5) is 0 Å². The van der Waals surface area contributed by atoms with Crippen molar-refractivity contribution < 1.29 is 15.0 Å². The van der Waals surface area contributed by atoms with Crippen molar-refractivity contribution in [1.29, 1.82) is 0 Å². The predicted molar refractivity (Wildman–Crippen MR) is 126 cm³/mol. The summed E-state index contributed by atoms with van der Waals surface area (Å²) in [5.41, 5.74) is -0.634. The number of aliphatic hydroxyl groups is 1. The molecule has 0 aliphatic rings. The number of carboxylic acid groups (broad SMARTS) is 1. The van der Waals surface area contributed by atoms with Crippen LogP contribution >= 0.6 is 22.7 Å². The molecule has 0 aromatic carbocycles. The van der Waals surface area contributed by atoms with Crippen LogP contribution in [0.25, 0.3) is 12.2 Å². The Balaban J connectivity index is 1.81. The van der Waals surface area contributed by atoms with E-state index in [0.29, 0.717) is 6.42 Å². The second-order valence-electron chi connectivity index (χ2n) is 9.16. The largest absolute Gasteiger partial charge is 0.481 e. The van der Waals surface area contributed by atoms with Crippen molar-refractivity contribution in [3.63, 3.8) is 0 Å². The SMILES string of the molecule is CC(C)(CO)CCCc1ccc(/C=C/c2ccc(CCCC(C)(C)C(=O)O)s2)s1. The van der Waals surface area contributed by atoms with Gasteiger partial charge in [0.15, 0.2) is 0 Å². The monoisotopic (exact) mass is 434 g/mol. The Labute approximate surface area is 183 Å². The summed E-state index contributed by atoms with van der Waals surface area (Å²) in [4.78, 5) is 16.4. The Hall–Kier alpha value is -1.43. The van der Waals surface area contributed by atoms with Gasteiger partial charge in [-0.3, -0.25) is 4.79 Å². The van der Waals surface area contributed by atoms with Crippen molar-refractivity contribution in [2.45, 2.75) is 66.2 Å². The van der Waals surface area contributed by atoms with Crippen molar-refractivity contribution in [1.82, 2.24) is 0 Å². The van der Waals surface area contributed by atoms with Crippen LogP contribution in [0.1, 0.15) is 72.9 Å². The van der Waals surface area contributed by atoms with E-state index in [1.54, 1.807) is 25.2 Å². The summed E-state index contributed by atoms with van der Waals surface area (Å²) >= 11 is 3.62. The highest BCUT2D eigenvalue weighted by molar-refractivity contribution is 7.13. The summed E-state index contributed by atoms with van der Waals surface area (Å²) in [7, 11) is 0. The lowest BCUT2D eigenvalue weighted by molar-refractivity contribution is -0.147. The molecule has 2 aromatic rings. The molecule has 0 radical (unpaired) electrons. The molecule has 0 saturated heterocycles. The number of thiophene rings is 2. The Morgan fingerprint density at radius 1 is 0.897 bits per heavy atom. The Bertz CT molecular complexity index is 812. The topological polar surface area (TPSA) is 57.5 Å². The number of aliphatic carboxylic acids is 1. The number of hydrogen-bond acceptors (Lipinski definition) is 4. The van der Waals surface area contributed by atoms with Crippen LogP contribution in [0.5, 0.6) is 0 Å². The molecule has 0 bridgehead atoms. The number of aryl methyl sites for hydroxylation is 2. The lowest BCUT2D eigenvalue weighted by atomic mass is 9.87. The molecule has 0 amide bonds. The maximum absolute atomic E-state index is 11.2. The predicted octanol–water partition coefficient (Wildman–Crippen LogP) is 6.75. The molecule has 2 N–H and O–H groups in total. The first-order valence-electron chi connectivity index (χ1n) is 10.3. The van der Waals surface area contributed by atoms with E-state index < -0.39 is 11.4 Å². The van der Waals surface area contributed by atoms with Crippen LogP contribution in [0, 0.1) is 10.8 Å². The van der Waals surface area contributed by atoms with Crippen molar-refractivity contribution in [2.75, 3.05) is 6.61 Å². The first kappa shape index (κ1) is 23.8. The summed E-state index contributed by atoms with van der Waals surface area (Å²) in [6.45, 7) is 8.04. The van der Waals surface area contributed by atoms with E-state index in [4.69, 9.17) is 0 Å². The van der Waals surface area contributed by atoms with Gasteiger partial charge in [-0.25, -0.2) is 0 Å². The lowest BCUT2D eigenvalue weighted by Gasteiger charge is -2.20. The van der Waals surface area contributed by atoms with E-state index in [2.05, 4.69) is 50.3 Å². The molecule has 2 rings (SSSR count). The average Bonchev–Trinajstić information content (AvgIpc) is 3.29. The molecule has 0 aliphatic carbocycles. The highest BCUT2D eigenvalue weighted by Gasteiger charge is 2.26. The minimum absolute atomic E-state index is 0.0141. The van der Waals surface area contributed by atoms with Gasteiger partial charge in [-0.05, 0) is 94.2 Å². The zero-order valence-electron chi connectivity index (χ0n) is 18.0. The van der Waals surface area contributed by atoms with Crippen LogP contribution < -0.4 is 0 Å². The first-order valence-corrected chi connectivity index (χ1v) is 11.9. The van der Waals surface area contributed by atoms with E-state index in [1.165, 1.54) is 19.5 Å². The summed E-state index contributed by atoms with van der Waals surface area (Å²) < 4.78 is 0. The van der Waals surface area contributed by atoms with Crippen LogP contribution in [-0.4, -0.2) is 22.8 Å². The lowest BCUT2D eigenvalue weighted by Crippen LogP contribution is -2.23. The second-order valence-corrected chi connectivity index (χ2v) is 11.6. The van der Waals surface area contributed by atoms with Gasteiger partial charge in [0.2, 0.25) is 0 Å². The molecule has 3 nitrogen and oxygen atoms in total. The molecule has 0 unspecified atom stereocenters. The summed E-state index contributed by atoms with van der Waals surface area (Å²) in [6, 6.07) is 8.68. The molecule has 2 aromatic heterocycles. The summed E-state index contributed by atoms with van der Waals surface area (Å²) in [5, 5.41) is 18.6. The van der Waals surface area contributed by atoms with E-state index in [9.17, 15) is 15.0 Å². The van der Waals surface area contributed by atoms with E-state index in [1.807, 2.05) is 11.3 Å². The van der Waals surface area contributed by atoms with Crippen molar-refractivity contribution in [3.05, 3.63) is 43.8 Å². The third-order valence-corrected chi connectivity index (χ3v) is 7.51. The maximum Gasteiger partial charge on any atom is 0.309 e. The Kier molecular flexibility index (Phi) is 8.68. The number of carbonyl (C=O) groups is 1. The molecule has 0 spiro atoms. The molecule has 2 heterocycles. The Morgan fingerprint density at radius 2 is 1.38 bits per heavy atom. The van der Waals surface area contributed by atoms with E-state index in [0.717, 1.165) is 32.1 Å². The number of carboxylic acids is 1. The molecule has 160 valence electrons. The maximum atomic E-state index is 11.2. The number of rotatable bonds is 12. The van der Waals surface area contributed by atoms with E-state index >= 15 is 0 Å². The quantitative estimate of drug-likeness (QED) is 0.388. The minimum Gasteiger partial charge on any atom is -0.481 e. The molecule has 0 fully saturated rings. The molecule has 29 heavy (non-hydrogen) atoms. The van der Waals surface area contributed by atoms with Gasteiger partial charge in [-0.2, -0.15) is 0 Å². The fourth-order valence-electron chi connectivity index (χ4n) is 3.03. The highest BCUT2D eigenvalue weighted by atomic mass is 32.1. The fourth-order valence-corrected chi connectivity index (χ4v) is 4.95. The van der Waals surface area contributed by atoms with Crippen LogP contribution in [0.3, 0.4) is 0 Å². The summed E-state index contributed by atoms with van der Waals surface area (Å²) in [5.74, 6) is -0.722. The van der Waals surface area contributed by atoms with Crippen LogP contribution in [0.15, 0.2) is 24.3 Å². The third-order valence-electron chi connectivity index (χ3n) is 5.29. The van der Waals surface area contributed by atoms with Gasteiger partial charge in [0.25, 0.3) is 0 Å². The number of hydrogen-bond donors (Lipinski definition) is 2. The number of aliphatic hydroxyl groups excluding tert-OH is 1. The van der Waals surface area contributed by atoms with Crippen molar-refractivity contribution in [3.8, 4) is 0 Å². The zero-order chi connectivity index (χ0) is 21.5. The first-order chi connectivity index (χ1) is 13.6. The van der Waals surface area contributed by atoms with Gasteiger partial charge >= 0.3 is 5.97 Å². The van der Waals surface area contributed by atoms with Gasteiger partial charge in [0.1, 0.15) is 0 Å². The molecular formula is C24H34O3S2. The smallest absolute Gasteiger partial charge is 0.309 e. The zero-order valence-corrected chi connectivity index (χ0v) is 19.7. The third kappa shape index (κ3) is 8.07. The van der Waals surface area contributed by atoms with E-state index in [-0.39, 0.29) is 12.0 Å². The molecule has 0 atom stereocenters. The molecule has 0 saturated carbocycles. The summed E-state index contributed by atoms with van der Waals surface area (Å²) in [6.07, 6.45) is 10.1. The van der Waals surface area contributed by atoms with Gasteiger partial charge in [0.05, 0.1) is 5.41 Å². The van der Waals surface area contributed by atoms with Gasteiger partial charge in [0, 0.05) is 26.1 Å². The van der Waals surface area contributed by atoms with Gasteiger partial charge in [-0.1, -0.05) is 13.8 Å². The highest BCUT2D eigenvalue weighted by Crippen LogP contribution is 2.28. The molecule has 0 aliphatic heterocycles. The van der Waals surface area contributed by atoms with Crippen molar-refractivity contribution >= 4 is 40.8 Å².